The van der Waals surface area contributed by atoms with E-state index in [0.717, 1.165) is 0 Å². The van der Waals surface area contributed by atoms with E-state index in [0.29, 0.717) is 11.5 Å². The van der Waals surface area contributed by atoms with Crippen molar-refractivity contribution in [2.45, 2.75) is 5.22 Å². The van der Waals surface area contributed by atoms with Crippen LogP contribution in [0.3, 0.4) is 0 Å². The summed E-state index contributed by atoms with van der Waals surface area (Å²) in [5.74, 6) is 0.00635. The fourth-order valence-electron chi connectivity index (χ4n) is 0.919. The second kappa shape index (κ2) is 5.29. The maximum Gasteiger partial charge on any atom is 1.00 e. The Bertz CT molecular complexity index is 418. The number of hydrogen-bond acceptors (Lipinski definition) is 4. The van der Waals surface area contributed by atoms with Crippen LogP contribution in [-0.4, -0.2) is 10.2 Å². The first-order valence-corrected chi connectivity index (χ1v) is 3.93. The van der Waals surface area contributed by atoms with Crippen LogP contribution in [0.1, 0.15) is 0 Å². The molecule has 2 aromatic rings. The largest absolute Gasteiger partial charge is 1.00 e. The van der Waals surface area contributed by atoms with Gasteiger partial charge in [0.1, 0.15) is 5.82 Å². The monoisotopic (exact) mass is 234 g/mol. The first-order chi connectivity index (χ1) is 6.25. The van der Waals surface area contributed by atoms with Crippen molar-refractivity contribution in [1.29, 1.82) is 0 Å². The molecule has 1 aromatic heterocycles. The van der Waals surface area contributed by atoms with Crippen molar-refractivity contribution in [3.05, 3.63) is 30.1 Å². The zero-order chi connectivity index (χ0) is 9.26. The summed E-state index contributed by atoms with van der Waals surface area (Å²) in [5, 5.41) is 7.27. The first kappa shape index (κ1) is 12.2. The molecule has 0 aliphatic rings. The molecule has 0 N–H and O–H groups in total. The van der Waals surface area contributed by atoms with E-state index in [-0.39, 0.29) is 62.4 Å². The van der Waals surface area contributed by atoms with Crippen LogP contribution in [0.15, 0.2) is 33.9 Å². The third kappa shape index (κ3) is 2.82. The molecule has 0 saturated heterocycles. The van der Waals surface area contributed by atoms with Crippen LogP contribution in [0.5, 0.6) is 0 Å². The average Bonchev–Trinajstić information content (AvgIpc) is 2.53. The molecule has 0 radical (unpaired) electrons. The van der Waals surface area contributed by atoms with E-state index < -0.39 is 0 Å². The van der Waals surface area contributed by atoms with Crippen molar-refractivity contribution < 1.29 is 60.2 Å². The maximum atomic E-state index is 12.5. The van der Waals surface area contributed by atoms with E-state index in [1.54, 1.807) is 12.1 Å². The predicted molar refractivity (Wildman–Crippen MR) is 45.3 cm³/mol. The standard InChI is InChI=1S/C8H5FN2OS.K/c9-6-3-1-5(2-4-6)7-10-11-8(13)12-7;/h1-4H,(H,11,13);/q;+1/p-1. The van der Waals surface area contributed by atoms with Gasteiger partial charge in [0, 0.05) is 5.56 Å². The molecule has 2 rings (SSSR count). The Morgan fingerprint density at radius 1 is 1.14 bits per heavy atom. The molecule has 0 atom stereocenters. The molecule has 0 spiro atoms. The Balaban J connectivity index is 0.000000980. The summed E-state index contributed by atoms with van der Waals surface area (Å²) in [6.07, 6.45) is 0. The molecule has 0 aliphatic carbocycles. The van der Waals surface area contributed by atoms with Crippen LogP contribution in [0.4, 0.5) is 4.39 Å². The zero-order valence-electron chi connectivity index (χ0n) is 7.40. The Morgan fingerprint density at radius 2 is 1.79 bits per heavy atom. The second-order valence-corrected chi connectivity index (χ2v) is 2.73. The van der Waals surface area contributed by atoms with Gasteiger partial charge in [-0.25, -0.2) is 4.39 Å². The Hall–Kier alpha value is 0.146. The van der Waals surface area contributed by atoms with Gasteiger partial charge in [0.25, 0.3) is 0 Å². The van der Waals surface area contributed by atoms with Gasteiger partial charge in [-0.1, -0.05) is 0 Å². The van der Waals surface area contributed by atoms with E-state index in [2.05, 4.69) is 22.8 Å². The normalized spacial score (nSPS) is 9.50. The predicted octanol–water partition coefficient (Wildman–Crippen LogP) is -1.21. The van der Waals surface area contributed by atoms with Crippen LogP contribution < -0.4 is 51.4 Å². The first-order valence-electron chi connectivity index (χ1n) is 3.52. The smallest absolute Gasteiger partial charge is 0.719 e. The summed E-state index contributed by atoms with van der Waals surface area (Å²) >= 11 is 4.64. The number of hydrogen-bond donors (Lipinski definition) is 0. The topological polar surface area (TPSA) is 38.9 Å². The molecule has 14 heavy (non-hydrogen) atoms. The molecule has 0 saturated carbocycles. The average molecular weight is 234 g/mol. The van der Waals surface area contributed by atoms with Crippen molar-refractivity contribution in [3.63, 3.8) is 0 Å². The molecule has 66 valence electrons. The molecular weight excluding hydrogens is 230 g/mol. The number of rotatable bonds is 1. The maximum absolute atomic E-state index is 12.5. The summed E-state index contributed by atoms with van der Waals surface area (Å²) < 4.78 is 17.5. The minimum absolute atomic E-state index is 0. The Labute approximate surface area is 128 Å². The Kier molecular flexibility index (Phi) is 4.62. The van der Waals surface area contributed by atoms with Gasteiger partial charge in [0.05, 0.1) is 5.22 Å². The van der Waals surface area contributed by atoms with Gasteiger partial charge < -0.3 is 17.0 Å². The third-order valence-electron chi connectivity index (χ3n) is 1.50. The molecule has 1 aromatic carbocycles. The van der Waals surface area contributed by atoms with Crippen LogP contribution >= 0.6 is 0 Å². The van der Waals surface area contributed by atoms with E-state index in [1.165, 1.54) is 12.1 Å². The number of benzene rings is 1. The molecule has 1 heterocycles. The quantitative estimate of drug-likeness (QED) is 0.458. The SMILES string of the molecule is Fc1ccc(-c2nnc([S-])o2)cc1.[K+]. The van der Waals surface area contributed by atoms with Gasteiger partial charge >= 0.3 is 51.4 Å². The summed E-state index contributed by atoms with van der Waals surface area (Å²) in [7, 11) is 0. The minimum atomic E-state index is -0.304. The second-order valence-electron chi connectivity index (χ2n) is 2.38. The summed E-state index contributed by atoms with van der Waals surface area (Å²) in [6, 6.07) is 5.75. The molecule has 0 aliphatic heterocycles. The summed E-state index contributed by atoms with van der Waals surface area (Å²) in [5.41, 5.74) is 0.657. The molecule has 0 bridgehead atoms. The van der Waals surface area contributed by atoms with Crippen LogP contribution in [-0.2, 0) is 12.6 Å². The van der Waals surface area contributed by atoms with Gasteiger partial charge in [-0.3, -0.25) is 0 Å². The number of halogens is 1. The zero-order valence-corrected chi connectivity index (χ0v) is 11.3. The van der Waals surface area contributed by atoms with E-state index >= 15 is 0 Å². The fraction of sp³-hybridized carbons (Fsp3) is 0. The van der Waals surface area contributed by atoms with Gasteiger partial charge in [-0.05, 0) is 24.3 Å². The minimum Gasteiger partial charge on any atom is -0.719 e. The van der Waals surface area contributed by atoms with E-state index in [4.69, 9.17) is 4.42 Å². The molecule has 0 unspecified atom stereocenters. The van der Waals surface area contributed by atoms with Gasteiger partial charge in [-0.15, -0.1) is 10.2 Å². The third-order valence-corrected chi connectivity index (χ3v) is 1.66. The van der Waals surface area contributed by atoms with Crippen LogP contribution in [0.25, 0.3) is 11.5 Å². The summed E-state index contributed by atoms with van der Waals surface area (Å²) in [6.45, 7) is 0. The number of nitrogens with zero attached hydrogens (tertiary/aromatic N) is 2. The molecular formula is C8H4FKN2OS. The number of aromatic nitrogens is 2. The van der Waals surface area contributed by atoms with Crippen molar-refractivity contribution in [3.8, 4) is 11.5 Å². The van der Waals surface area contributed by atoms with Gasteiger partial charge in [-0.2, -0.15) is 0 Å². The van der Waals surface area contributed by atoms with Crippen LogP contribution in [0, 0.1) is 5.82 Å². The van der Waals surface area contributed by atoms with Crippen molar-refractivity contribution in [1.82, 2.24) is 10.2 Å². The molecule has 6 heteroatoms. The summed E-state index contributed by atoms with van der Waals surface area (Å²) in [4.78, 5) is 0. The van der Waals surface area contributed by atoms with Gasteiger partial charge in [0.15, 0.2) is 0 Å². The van der Waals surface area contributed by atoms with Crippen molar-refractivity contribution in [2.75, 3.05) is 0 Å². The molecule has 0 fully saturated rings. The molecule has 0 amide bonds. The fourth-order valence-corrected chi connectivity index (χ4v) is 1.04. The van der Waals surface area contributed by atoms with Gasteiger partial charge in [0.2, 0.25) is 5.89 Å². The van der Waals surface area contributed by atoms with E-state index in [9.17, 15) is 4.39 Å². The van der Waals surface area contributed by atoms with Crippen LogP contribution in [0.2, 0.25) is 0 Å². The van der Waals surface area contributed by atoms with Crippen molar-refractivity contribution >= 4 is 12.6 Å². The Morgan fingerprint density at radius 3 is 2.29 bits per heavy atom. The van der Waals surface area contributed by atoms with E-state index in [1.807, 2.05) is 0 Å². The van der Waals surface area contributed by atoms with Crippen molar-refractivity contribution in [2.24, 2.45) is 0 Å². The molecule has 3 nitrogen and oxygen atoms in total.